The Morgan fingerprint density at radius 2 is 1.43 bits per heavy atom. The van der Waals surface area contributed by atoms with Crippen LogP contribution in [0.15, 0.2) is 48.5 Å². The second kappa shape index (κ2) is 7.04. The fourth-order valence-corrected chi connectivity index (χ4v) is 4.96. The van der Waals surface area contributed by atoms with Crippen LogP contribution in [0.5, 0.6) is 0 Å². The van der Waals surface area contributed by atoms with E-state index in [9.17, 15) is 0 Å². The lowest BCUT2D eigenvalue weighted by Crippen LogP contribution is -1.84. The molecule has 4 nitrogen and oxygen atoms in total. The first-order chi connectivity index (χ1) is 13.7. The Labute approximate surface area is 170 Å². The maximum Gasteiger partial charge on any atom is 0.148 e. The maximum absolute atomic E-state index is 4.41. The van der Waals surface area contributed by atoms with Gasteiger partial charge in [0.25, 0.3) is 0 Å². The van der Waals surface area contributed by atoms with E-state index in [1.165, 1.54) is 21.5 Å². The standard InChI is InChI=1S/C22H18N4S2/c1-3-19-23-25-21(27-19)15-9-8-13-12-18-14(10-16(13)11-15)6-5-7-17(18)22-26-24-20(4-2)28-22/h5-12H,3-4H2,1-2H3. The van der Waals surface area contributed by atoms with E-state index in [2.05, 4.69) is 82.8 Å². The predicted molar refractivity (Wildman–Crippen MR) is 118 cm³/mol. The van der Waals surface area contributed by atoms with Crippen molar-refractivity contribution >= 4 is 44.2 Å². The van der Waals surface area contributed by atoms with Crippen LogP contribution in [0.1, 0.15) is 23.9 Å². The Morgan fingerprint density at radius 3 is 2.18 bits per heavy atom. The van der Waals surface area contributed by atoms with E-state index in [1.54, 1.807) is 22.7 Å². The average Bonchev–Trinajstić information content (AvgIpc) is 3.41. The summed E-state index contributed by atoms with van der Waals surface area (Å²) in [5.41, 5.74) is 2.27. The van der Waals surface area contributed by atoms with Gasteiger partial charge in [-0.3, -0.25) is 0 Å². The first-order valence-electron chi connectivity index (χ1n) is 9.37. The number of benzene rings is 3. The molecular weight excluding hydrogens is 384 g/mol. The molecule has 2 aromatic heterocycles. The summed E-state index contributed by atoms with van der Waals surface area (Å²) >= 11 is 3.34. The van der Waals surface area contributed by atoms with E-state index in [4.69, 9.17) is 0 Å². The Hall–Kier alpha value is -2.70. The van der Waals surface area contributed by atoms with Gasteiger partial charge in [-0.25, -0.2) is 0 Å². The third-order valence-corrected chi connectivity index (χ3v) is 7.07. The Balaban J connectivity index is 1.65. The lowest BCUT2D eigenvalue weighted by atomic mass is 9.99. The zero-order valence-corrected chi connectivity index (χ0v) is 17.3. The summed E-state index contributed by atoms with van der Waals surface area (Å²) in [6.07, 6.45) is 1.84. The van der Waals surface area contributed by atoms with Crippen LogP contribution in [0.25, 0.3) is 42.7 Å². The summed E-state index contributed by atoms with van der Waals surface area (Å²) in [5, 5.41) is 26.2. The highest BCUT2D eigenvalue weighted by Gasteiger charge is 2.11. The second-order valence-corrected chi connectivity index (χ2v) is 8.77. The van der Waals surface area contributed by atoms with Crippen molar-refractivity contribution in [2.24, 2.45) is 0 Å². The van der Waals surface area contributed by atoms with Crippen molar-refractivity contribution in [3.8, 4) is 21.1 Å². The van der Waals surface area contributed by atoms with Gasteiger partial charge < -0.3 is 0 Å². The molecule has 28 heavy (non-hydrogen) atoms. The molecule has 0 N–H and O–H groups in total. The minimum Gasteiger partial charge on any atom is -0.143 e. The van der Waals surface area contributed by atoms with Crippen molar-refractivity contribution in [2.75, 3.05) is 0 Å². The number of aromatic nitrogens is 4. The van der Waals surface area contributed by atoms with Crippen LogP contribution >= 0.6 is 22.7 Å². The van der Waals surface area contributed by atoms with Crippen molar-refractivity contribution in [1.29, 1.82) is 0 Å². The SMILES string of the molecule is CCc1nnc(-c2ccc3cc4c(-c5nnc(CC)s5)cccc4cc3c2)s1. The van der Waals surface area contributed by atoms with Crippen LogP contribution in [0, 0.1) is 0 Å². The van der Waals surface area contributed by atoms with Gasteiger partial charge in [0, 0.05) is 11.1 Å². The molecule has 0 atom stereocenters. The molecule has 138 valence electrons. The monoisotopic (exact) mass is 402 g/mol. The molecule has 0 aliphatic rings. The summed E-state index contributed by atoms with van der Waals surface area (Å²) in [4.78, 5) is 0. The van der Waals surface area contributed by atoms with Gasteiger partial charge in [0.2, 0.25) is 0 Å². The molecule has 3 aromatic carbocycles. The first kappa shape index (κ1) is 17.4. The van der Waals surface area contributed by atoms with Gasteiger partial charge in [-0.2, -0.15) is 0 Å². The van der Waals surface area contributed by atoms with E-state index < -0.39 is 0 Å². The predicted octanol–water partition coefficient (Wildman–Crippen LogP) is 6.15. The molecule has 0 saturated carbocycles. The smallest absolute Gasteiger partial charge is 0.143 e. The summed E-state index contributed by atoms with van der Waals surface area (Å²) in [6, 6.07) is 17.4. The van der Waals surface area contributed by atoms with Crippen LogP contribution in [0.2, 0.25) is 0 Å². The average molecular weight is 403 g/mol. The molecule has 5 rings (SSSR count). The number of nitrogens with zero attached hydrogens (tertiary/aromatic N) is 4. The highest BCUT2D eigenvalue weighted by molar-refractivity contribution is 7.15. The second-order valence-electron chi connectivity index (χ2n) is 6.65. The number of aryl methyl sites for hydroxylation is 2. The van der Waals surface area contributed by atoms with E-state index >= 15 is 0 Å². The van der Waals surface area contributed by atoms with Crippen LogP contribution in [-0.4, -0.2) is 20.4 Å². The van der Waals surface area contributed by atoms with Crippen LogP contribution in [0.4, 0.5) is 0 Å². The summed E-state index contributed by atoms with van der Waals surface area (Å²) < 4.78 is 0. The lowest BCUT2D eigenvalue weighted by Gasteiger charge is -2.07. The lowest BCUT2D eigenvalue weighted by molar-refractivity contribution is 0.986. The zero-order valence-electron chi connectivity index (χ0n) is 15.6. The molecule has 0 bridgehead atoms. The highest BCUT2D eigenvalue weighted by atomic mass is 32.1. The number of hydrogen-bond acceptors (Lipinski definition) is 6. The molecule has 0 radical (unpaired) electrons. The van der Waals surface area contributed by atoms with Crippen LogP contribution < -0.4 is 0 Å². The van der Waals surface area contributed by atoms with Crippen molar-refractivity contribution < 1.29 is 0 Å². The van der Waals surface area contributed by atoms with Gasteiger partial charge in [-0.1, -0.05) is 66.9 Å². The topological polar surface area (TPSA) is 51.6 Å². The Bertz CT molecular complexity index is 1300. The zero-order chi connectivity index (χ0) is 19.1. The molecule has 0 spiro atoms. The van der Waals surface area contributed by atoms with E-state index in [0.29, 0.717) is 0 Å². The minimum absolute atomic E-state index is 0.916. The van der Waals surface area contributed by atoms with Crippen molar-refractivity contribution in [1.82, 2.24) is 20.4 Å². The van der Waals surface area contributed by atoms with Crippen molar-refractivity contribution in [3.63, 3.8) is 0 Å². The molecule has 6 heteroatoms. The van der Waals surface area contributed by atoms with E-state index in [0.717, 1.165) is 44.0 Å². The van der Waals surface area contributed by atoms with E-state index in [-0.39, 0.29) is 0 Å². The normalized spacial score (nSPS) is 11.5. The van der Waals surface area contributed by atoms with Crippen molar-refractivity contribution in [3.05, 3.63) is 58.5 Å². The molecule has 0 aliphatic heterocycles. The fourth-order valence-electron chi connectivity index (χ4n) is 3.36. The summed E-state index contributed by atoms with van der Waals surface area (Å²) in [6.45, 7) is 4.22. The minimum atomic E-state index is 0.916. The molecule has 2 heterocycles. The molecule has 0 unspecified atom stereocenters. The third kappa shape index (κ3) is 2.99. The number of hydrogen-bond donors (Lipinski definition) is 0. The van der Waals surface area contributed by atoms with E-state index in [1.807, 2.05) is 0 Å². The van der Waals surface area contributed by atoms with Crippen LogP contribution in [0.3, 0.4) is 0 Å². The molecule has 0 amide bonds. The third-order valence-electron chi connectivity index (χ3n) is 4.85. The Kier molecular flexibility index (Phi) is 4.37. The van der Waals surface area contributed by atoms with Gasteiger partial charge in [0.05, 0.1) is 0 Å². The molecule has 0 fully saturated rings. The van der Waals surface area contributed by atoms with Gasteiger partial charge >= 0.3 is 0 Å². The van der Waals surface area contributed by atoms with Gasteiger partial charge in [-0.15, -0.1) is 20.4 Å². The summed E-state index contributed by atoms with van der Waals surface area (Å²) in [7, 11) is 0. The van der Waals surface area contributed by atoms with Crippen molar-refractivity contribution in [2.45, 2.75) is 26.7 Å². The molecular formula is C22H18N4S2. The number of rotatable bonds is 4. The quantitative estimate of drug-likeness (QED) is 0.338. The fraction of sp³-hybridized carbons (Fsp3) is 0.182. The van der Waals surface area contributed by atoms with Gasteiger partial charge in [-0.05, 0) is 52.6 Å². The first-order valence-corrected chi connectivity index (χ1v) is 11.0. The maximum atomic E-state index is 4.41. The van der Waals surface area contributed by atoms with Gasteiger partial charge in [0.1, 0.15) is 20.0 Å². The largest absolute Gasteiger partial charge is 0.148 e. The molecule has 0 aliphatic carbocycles. The Morgan fingerprint density at radius 1 is 0.679 bits per heavy atom. The molecule has 5 aromatic rings. The van der Waals surface area contributed by atoms with Gasteiger partial charge in [0.15, 0.2) is 0 Å². The molecule has 0 saturated heterocycles. The van der Waals surface area contributed by atoms with Crippen LogP contribution in [-0.2, 0) is 12.8 Å². The summed E-state index contributed by atoms with van der Waals surface area (Å²) in [5.74, 6) is 0. The number of fused-ring (bicyclic) bond motifs is 2. The highest BCUT2D eigenvalue weighted by Crippen LogP contribution is 2.35.